The fraction of sp³-hybridized carbons (Fsp3) is 1.00. The second kappa shape index (κ2) is 5.07. The van der Waals surface area contributed by atoms with Crippen molar-refractivity contribution in [3.8, 4) is 0 Å². The van der Waals surface area contributed by atoms with E-state index in [0.717, 1.165) is 25.7 Å². The maximum Gasteiger partial charge on any atom is 0.282 e. The SMILES string of the molecule is CC1(C)CCN(S(=O)(=O)N2CCCCC2CO)C1. The third-order valence-electron chi connectivity index (χ3n) is 4.05. The maximum atomic E-state index is 12.6. The van der Waals surface area contributed by atoms with Gasteiger partial charge in [0.1, 0.15) is 0 Å². The second-order valence-corrected chi connectivity index (χ2v) is 8.08. The molecule has 0 spiro atoms. The van der Waals surface area contributed by atoms with Crippen LogP contribution in [0, 0.1) is 5.41 Å². The van der Waals surface area contributed by atoms with Crippen LogP contribution in [0.15, 0.2) is 0 Å². The van der Waals surface area contributed by atoms with Gasteiger partial charge in [-0.15, -0.1) is 0 Å². The molecule has 0 bridgehead atoms. The summed E-state index contributed by atoms with van der Waals surface area (Å²) in [6.45, 7) is 5.86. The lowest BCUT2D eigenvalue weighted by Crippen LogP contribution is -2.51. The fourth-order valence-corrected chi connectivity index (χ4v) is 4.91. The smallest absolute Gasteiger partial charge is 0.282 e. The molecule has 6 heteroatoms. The van der Waals surface area contributed by atoms with Crippen LogP contribution in [0.2, 0.25) is 0 Å². The number of hydrogen-bond acceptors (Lipinski definition) is 3. The van der Waals surface area contributed by atoms with Crippen molar-refractivity contribution < 1.29 is 13.5 Å². The fourth-order valence-electron chi connectivity index (χ4n) is 2.87. The van der Waals surface area contributed by atoms with Gasteiger partial charge in [-0.2, -0.15) is 17.0 Å². The molecule has 2 fully saturated rings. The van der Waals surface area contributed by atoms with E-state index in [2.05, 4.69) is 13.8 Å². The zero-order valence-corrected chi connectivity index (χ0v) is 12.1. The van der Waals surface area contributed by atoms with E-state index in [9.17, 15) is 13.5 Å². The van der Waals surface area contributed by atoms with Crippen LogP contribution in [0.1, 0.15) is 39.5 Å². The van der Waals surface area contributed by atoms with Crippen LogP contribution in [0.4, 0.5) is 0 Å². The minimum absolute atomic E-state index is 0.0670. The molecule has 2 aliphatic rings. The Bertz CT molecular complexity index is 394. The van der Waals surface area contributed by atoms with E-state index in [-0.39, 0.29) is 18.1 Å². The van der Waals surface area contributed by atoms with Crippen molar-refractivity contribution in [2.45, 2.75) is 45.6 Å². The molecule has 18 heavy (non-hydrogen) atoms. The quantitative estimate of drug-likeness (QED) is 0.830. The summed E-state index contributed by atoms with van der Waals surface area (Å²) in [4.78, 5) is 0. The molecule has 0 saturated carbocycles. The van der Waals surface area contributed by atoms with Gasteiger partial charge in [-0.1, -0.05) is 20.3 Å². The molecule has 2 saturated heterocycles. The minimum Gasteiger partial charge on any atom is -0.395 e. The summed E-state index contributed by atoms with van der Waals surface area (Å²) in [5, 5.41) is 9.35. The summed E-state index contributed by atoms with van der Waals surface area (Å²) in [6.07, 6.45) is 3.58. The molecule has 1 N–H and O–H groups in total. The van der Waals surface area contributed by atoms with Gasteiger partial charge >= 0.3 is 0 Å². The highest BCUT2D eigenvalue weighted by molar-refractivity contribution is 7.86. The summed E-state index contributed by atoms with van der Waals surface area (Å²) in [5.74, 6) is 0. The van der Waals surface area contributed by atoms with Crippen molar-refractivity contribution >= 4 is 10.2 Å². The number of aliphatic hydroxyl groups excluding tert-OH is 1. The molecule has 2 heterocycles. The van der Waals surface area contributed by atoms with E-state index >= 15 is 0 Å². The highest BCUT2D eigenvalue weighted by atomic mass is 32.2. The van der Waals surface area contributed by atoms with Crippen molar-refractivity contribution in [2.24, 2.45) is 5.41 Å². The number of rotatable bonds is 3. The number of aliphatic hydroxyl groups is 1. The van der Waals surface area contributed by atoms with Crippen molar-refractivity contribution in [1.29, 1.82) is 0 Å². The Morgan fingerprint density at radius 2 is 2.00 bits per heavy atom. The Morgan fingerprint density at radius 3 is 2.56 bits per heavy atom. The van der Waals surface area contributed by atoms with Gasteiger partial charge in [-0.25, -0.2) is 0 Å². The molecule has 0 radical (unpaired) electrons. The van der Waals surface area contributed by atoms with Gasteiger partial charge in [-0.05, 0) is 24.7 Å². The van der Waals surface area contributed by atoms with E-state index in [1.807, 2.05) is 0 Å². The van der Waals surface area contributed by atoms with Crippen molar-refractivity contribution in [3.05, 3.63) is 0 Å². The van der Waals surface area contributed by atoms with Gasteiger partial charge < -0.3 is 5.11 Å². The Kier molecular flexibility index (Phi) is 4.02. The molecule has 2 aliphatic heterocycles. The molecule has 0 amide bonds. The average molecular weight is 276 g/mol. The zero-order chi connectivity index (χ0) is 13.4. The first-order chi connectivity index (χ1) is 8.37. The van der Waals surface area contributed by atoms with Crippen molar-refractivity contribution in [1.82, 2.24) is 8.61 Å². The van der Waals surface area contributed by atoms with Crippen LogP contribution < -0.4 is 0 Å². The Balaban J connectivity index is 2.15. The zero-order valence-electron chi connectivity index (χ0n) is 11.3. The molecule has 1 atom stereocenters. The molecule has 0 aliphatic carbocycles. The van der Waals surface area contributed by atoms with Crippen LogP contribution in [0.5, 0.6) is 0 Å². The predicted molar refractivity (Wildman–Crippen MR) is 70.3 cm³/mol. The summed E-state index contributed by atoms with van der Waals surface area (Å²) < 4.78 is 28.3. The molecule has 0 aromatic rings. The number of nitrogens with zero attached hydrogens (tertiary/aromatic N) is 2. The lowest BCUT2D eigenvalue weighted by Gasteiger charge is -2.36. The van der Waals surface area contributed by atoms with Gasteiger partial charge in [0.25, 0.3) is 10.2 Å². The second-order valence-electron chi connectivity index (χ2n) is 6.20. The number of hydrogen-bond donors (Lipinski definition) is 1. The van der Waals surface area contributed by atoms with E-state index in [4.69, 9.17) is 0 Å². The van der Waals surface area contributed by atoms with E-state index in [1.165, 1.54) is 4.31 Å². The molecule has 0 aromatic heterocycles. The molecular formula is C12H24N2O3S. The minimum atomic E-state index is -3.39. The van der Waals surface area contributed by atoms with Gasteiger partial charge in [-0.3, -0.25) is 0 Å². The first-order valence-electron chi connectivity index (χ1n) is 6.75. The Labute approximate surface area is 110 Å². The van der Waals surface area contributed by atoms with Crippen LogP contribution in [-0.2, 0) is 10.2 Å². The summed E-state index contributed by atoms with van der Waals surface area (Å²) in [5.41, 5.74) is 0.0670. The predicted octanol–water partition coefficient (Wildman–Crippen LogP) is 0.810. The highest BCUT2D eigenvalue weighted by Gasteiger charge is 2.41. The van der Waals surface area contributed by atoms with Gasteiger partial charge in [0, 0.05) is 25.7 Å². The molecular weight excluding hydrogens is 252 g/mol. The third kappa shape index (κ3) is 2.71. The third-order valence-corrected chi connectivity index (χ3v) is 6.09. The van der Waals surface area contributed by atoms with Gasteiger partial charge in [0.15, 0.2) is 0 Å². The Hall–Kier alpha value is -0.170. The molecule has 0 aromatic carbocycles. The first-order valence-corrected chi connectivity index (χ1v) is 8.14. The summed E-state index contributed by atoms with van der Waals surface area (Å²) >= 11 is 0. The molecule has 1 unspecified atom stereocenters. The van der Waals surface area contributed by atoms with E-state index in [0.29, 0.717) is 19.6 Å². The van der Waals surface area contributed by atoms with Crippen LogP contribution in [0.3, 0.4) is 0 Å². The normalized spacial score (nSPS) is 30.7. The molecule has 5 nitrogen and oxygen atoms in total. The van der Waals surface area contributed by atoms with Crippen molar-refractivity contribution in [2.75, 3.05) is 26.2 Å². The van der Waals surface area contributed by atoms with Crippen LogP contribution in [-0.4, -0.2) is 54.4 Å². The van der Waals surface area contributed by atoms with Crippen LogP contribution in [0.25, 0.3) is 0 Å². The largest absolute Gasteiger partial charge is 0.395 e. The van der Waals surface area contributed by atoms with Crippen molar-refractivity contribution in [3.63, 3.8) is 0 Å². The standard InChI is InChI=1S/C12H24N2O3S/c1-12(2)6-8-13(10-12)18(16,17)14-7-4-3-5-11(14)9-15/h11,15H,3-10H2,1-2H3. The summed E-state index contributed by atoms with van der Waals surface area (Å²) in [6, 6.07) is -0.229. The van der Waals surface area contributed by atoms with Gasteiger partial charge in [0.05, 0.1) is 6.61 Å². The average Bonchev–Trinajstić information content (AvgIpc) is 2.70. The topological polar surface area (TPSA) is 60.9 Å². The van der Waals surface area contributed by atoms with Crippen LogP contribution >= 0.6 is 0 Å². The van der Waals surface area contributed by atoms with E-state index < -0.39 is 10.2 Å². The number of piperidine rings is 1. The Morgan fingerprint density at radius 1 is 1.28 bits per heavy atom. The molecule has 2 rings (SSSR count). The van der Waals surface area contributed by atoms with Gasteiger partial charge in [0.2, 0.25) is 0 Å². The highest BCUT2D eigenvalue weighted by Crippen LogP contribution is 2.33. The lowest BCUT2D eigenvalue weighted by atomic mass is 9.93. The maximum absolute atomic E-state index is 12.6. The monoisotopic (exact) mass is 276 g/mol. The lowest BCUT2D eigenvalue weighted by molar-refractivity contribution is 0.148. The van der Waals surface area contributed by atoms with E-state index in [1.54, 1.807) is 4.31 Å². The first kappa shape index (κ1) is 14.2. The molecule has 106 valence electrons. The summed E-state index contributed by atoms with van der Waals surface area (Å²) in [7, 11) is -3.39.